The van der Waals surface area contributed by atoms with Crippen molar-refractivity contribution in [1.82, 2.24) is 10.9 Å². The molecular weight excluding hydrogens is 354 g/mol. The number of anilines is 1. The van der Waals surface area contributed by atoms with E-state index in [1.54, 1.807) is 6.07 Å². The standard InChI is InChI=1S/C22H21N3O3/c26-22(23-15-8-9-20-21(12-15)28-11-10-27-20)19-13-18(24-25-19)17-7-3-5-14-4-1-2-6-16(14)17/h1-9,12,18-19,24-25H,10-11,13H2,(H,23,26). The van der Waals surface area contributed by atoms with Crippen LogP contribution in [0, 0.1) is 0 Å². The molecule has 2 aliphatic heterocycles. The minimum absolute atomic E-state index is 0.0714. The van der Waals surface area contributed by atoms with Crippen LogP contribution >= 0.6 is 0 Å². The molecule has 6 nitrogen and oxygen atoms in total. The Morgan fingerprint density at radius 1 is 0.929 bits per heavy atom. The van der Waals surface area contributed by atoms with E-state index in [0.717, 1.165) is 0 Å². The summed E-state index contributed by atoms with van der Waals surface area (Å²) < 4.78 is 11.1. The van der Waals surface area contributed by atoms with Gasteiger partial charge in [-0.05, 0) is 34.9 Å². The number of carbonyl (C=O) groups is 1. The van der Waals surface area contributed by atoms with E-state index >= 15 is 0 Å². The zero-order valence-electron chi connectivity index (χ0n) is 15.3. The summed E-state index contributed by atoms with van der Waals surface area (Å²) in [7, 11) is 0. The third kappa shape index (κ3) is 3.17. The number of ether oxygens (including phenoxy) is 2. The molecule has 1 fully saturated rings. The fourth-order valence-corrected chi connectivity index (χ4v) is 3.84. The molecule has 0 saturated carbocycles. The van der Waals surface area contributed by atoms with Crippen LogP contribution in [0.25, 0.3) is 10.8 Å². The van der Waals surface area contributed by atoms with Crippen LogP contribution in [0.15, 0.2) is 60.7 Å². The molecule has 2 atom stereocenters. The first-order chi connectivity index (χ1) is 13.8. The fraction of sp³-hybridized carbons (Fsp3) is 0.227. The van der Waals surface area contributed by atoms with Crippen LogP contribution < -0.4 is 25.6 Å². The van der Waals surface area contributed by atoms with Crippen molar-refractivity contribution in [2.45, 2.75) is 18.5 Å². The Hall–Kier alpha value is -3.09. The quantitative estimate of drug-likeness (QED) is 0.656. The SMILES string of the molecule is O=C(Nc1ccc2c(c1)OCCO2)C1CC(c2cccc3ccccc23)NN1. The summed E-state index contributed by atoms with van der Waals surface area (Å²) in [4.78, 5) is 12.7. The number of hydrogen-bond donors (Lipinski definition) is 3. The van der Waals surface area contributed by atoms with E-state index in [0.29, 0.717) is 36.8 Å². The molecule has 3 N–H and O–H groups in total. The highest BCUT2D eigenvalue weighted by Crippen LogP contribution is 2.33. The summed E-state index contributed by atoms with van der Waals surface area (Å²) in [5.74, 6) is 1.29. The van der Waals surface area contributed by atoms with Crippen molar-refractivity contribution in [2.24, 2.45) is 0 Å². The molecule has 3 aromatic rings. The lowest BCUT2D eigenvalue weighted by atomic mass is 9.96. The second-order valence-electron chi connectivity index (χ2n) is 7.05. The molecule has 2 aliphatic rings. The van der Waals surface area contributed by atoms with E-state index in [4.69, 9.17) is 9.47 Å². The second-order valence-corrected chi connectivity index (χ2v) is 7.05. The maximum atomic E-state index is 12.7. The zero-order chi connectivity index (χ0) is 18.9. The predicted octanol–water partition coefficient (Wildman–Crippen LogP) is 3.16. The maximum Gasteiger partial charge on any atom is 0.242 e. The lowest BCUT2D eigenvalue weighted by Crippen LogP contribution is -2.39. The lowest BCUT2D eigenvalue weighted by molar-refractivity contribution is -0.117. The average molecular weight is 375 g/mol. The van der Waals surface area contributed by atoms with Crippen LogP contribution in [0.1, 0.15) is 18.0 Å². The van der Waals surface area contributed by atoms with Gasteiger partial charge in [0.25, 0.3) is 0 Å². The van der Waals surface area contributed by atoms with Crippen molar-refractivity contribution in [1.29, 1.82) is 0 Å². The third-order valence-electron chi connectivity index (χ3n) is 5.23. The van der Waals surface area contributed by atoms with Gasteiger partial charge in [-0.3, -0.25) is 4.79 Å². The topological polar surface area (TPSA) is 71.6 Å². The Balaban J connectivity index is 1.30. The molecule has 0 spiro atoms. The number of carbonyl (C=O) groups excluding carboxylic acids is 1. The van der Waals surface area contributed by atoms with Gasteiger partial charge in [-0.25, -0.2) is 10.9 Å². The van der Waals surface area contributed by atoms with Gasteiger partial charge in [0.2, 0.25) is 5.91 Å². The summed E-state index contributed by atoms with van der Waals surface area (Å²) in [5, 5.41) is 5.37. The van der Waals surface area contributed by atoms with E-state index in [2.05, 4.69) is 46.5 Å². The Morgan fingerprint density at radius 3 is 2.68 bits per heavy atom. The van der Waals surface area contributed by atoms with Crippen molar-refractivity contribution in [3.8, 4) is 11.5 Å². The number of amides is 1. The largest absolute Gasteiger partial charge is 0.486 e. The molecule has 0 bridgehead atoms. The number of fused-ring (bicyclic) bond motifs is 2. The molecule has 2 heterocycles. The highest BCUT2D eigenvalue weighted by molar-refractivity contribution is 5.95. The normalized spacial score (nSPS) is 20.9. The Labute approximate surface area is 162 Å². The minimum Gasteiger partial charge on any atom is -0.486 e. The number of hydrazine groups is 1. The third-order valence-corrected chi connectivity index (χ3v) is 5.23. The van der Waals surface area contributed by atoms with Crippen molar-refractivity contribution >= 4 is 22.4 Å². The number of benzene rings is 3. The molecule has 142 valence electrons. The first-order valence-electron chi connectivity index (χ1n) is 9.47. The first kappa shape index (κ1) is 17.0. The van der Waals surface area contributed by atoms with Crippen molar-refractivity contribution < 1.29 is 14.3 Å². The van der Waals surface area contributed by atoms with Crippen molar-refractivity contribution in [2.75, 3.05) is 18.5 Å². The fourth-order valence-electron chi connectivity index (χ4n) is 3.84. The smallest absolute Gasteiger partial charge is 0.242 e. The van der Waals surface area contributed by atoms with Crippen LogP contribution in [-0.2, 0) is 4.79 Å². The zero-order valence-corrected chi connectivity index (χ0v) is 15.3. The van der Waals surface area contributed by atoms with Gasteiger partial charge in [-0.2, -0.15) is 0 Å². The summed E-state index contributed by atoms with van der Waals surface area (Å²) in [6.07, 6.45) is 0.671. The van der Waals surface area contributed by atoms with Gasteiger partial charge in [0.15, 0.2) is 11.5 Å². The van der Waals surface area contributed by atoms with Gasteiger partial charge >= 0.3 is 0 Å². The van der Waals surface area contributed by atoms with Crippen LogP contribution in [0.5, 0.6) is 11.5 Å². The monoisotopic (exact) mass is 375 g/mol. The van der Waals surface area contributed by atoms with Crippen LogP contribution in [-0.4, -0.2) is 25.2 Å². The van der Waals surface area contributed by atoms with Gasteiger partial charge in [0, 0.05) is 17.8 Å². The Kier molecular flexibility index (Phi) is 4.35. The van der Waals surface area contributed by atoms with E-state index in [1.807, 2.05) is 24.3 Å². The molecule has 0 aromatic heterocycles. The van der Waals surface area contributed by atoms with Crippen molar-refractivity contribution in [3.05, 3.63) is 66.2 Å². The maximum absolute atomic E-state index is 12.7. The Morgan fingerprint density at radius 2 is 1.75 bits per heavy atom. The van der Waals surface area contributed by atoms with E-state index in [-0.39, 0.29) is 18.0 Å². The van der Waals surface area contributed by atoms with Gasteiger partial charge < -0.3 is 14.8 Å². The molecule has 0 aliphatic carbocycles. The number of nitrogens with one attached hydrogen (secondary N) is 3. The Bertz CT molecular complexity index is 1030. The van der Waals surface area contributed by atoms with E-state index in [9.17, 15) is 4.79 Å². The molecular formula is C22H21N3O3. The average Bonchev–Trinajstić information content (AvgIpc) is 3.23. The number of rotatable bonds is 3. The van der Waals surface area contributed by atoms with Crippen LogP contribution in [0.4, 0.5) is 5.69 Å². The van der Waals surface area contributed by atoms with Gasteiger partial charge in [0.05, 0.1) is 0 Å². The summed E-state index contributed by atoms with van der Waals surface area (Å²) in [6.45, 7) is 1.07. The van der Waals surface area contributed by atoms with Crippen LogP contribution in [0.3, 0.4) is 0 Å². The highest BCUT2D eigenvalue weighted by Gasteiger charge is 2.31. The molecule has 5 rings (SSSR count). The van der Waals surface area contributed by atoms with Gasteiger partial charge in [-0.15, -0.1) is 0 Å². The second kappa shape index (κ2) is 7.14. The summed E-state index contributed by atoms with van der Waals surface area (Å²) in [6, 6.07) is 19.8. The summed E-state index contributed by atoms with van der Waals surface area (Å²) >= 11 is 0. The first-order valence-corrected chi connectivity index (χ1v) is 9.47. The minimum atomic E-state index is -0.322. The molecule has 6 heteroatoms. The lowest BCUT2D eigenvalue weighted by Gasteiger charge is -2.19. The highest BCUT2D eigenvalue weighted by atomic mass is 16.6. The molecule has 3 aromatic carbocycles. The molecule has 1 saturated heterocycles. The van der Waals surface area contributed by atoms with E-state index < -0.39 is 0 Å². The van der Waals surface area contributed by atoms with Crippen molar-refractivity contribution in [3.63, 3.8) is 0 Å². The van der Waals surface area contributed by atoms with Crippen LogP contribution in [0.2, 0.25) is 0 Å². The predicted molar refractivity (Wildman–Crippen MR) is 107 cm³/mol. The van der Waals surface area contributed by atoms with E-state index in [1.165, 1.54) is 16.3 Å². The molecule has 28 heavy (non-hydrogen) atoms. The van der Waals surface area contributed by atoms with Gasteiger partial charge in [-0.1, -0.05) is 42.5 Å². The molecule has 0 radical (unpaired) electrons. The molecule has 2 unspecified atom stereocenters. The van der Waals surface area contributed by atoms with Gasteiger partial charge in [0.1, 0.15) is 19.3 Å². The number of hydrogen-bond acceptors (Lipinski definition) is 5. The molecule has 1 amide bonds. The summed E-state index contributed by atoms with van der Waals surface area (Å²) in [5.41, 5.74) is 8.30.